The SMILES string of the molecule is CC1(C)CCCC(C)(C)N1.O=C(O)/C=C\C(=O)O. The Hall–Kier alpha value is -1.36. The van der Waals surface area contributed by atoms with Gasteiger partial charge in [-0.25, -0.2) is 9.59 Å². The third-order valence-corrected chi connectivity index (χ3v) is 2.65. The highest BCUT2D eigenvalue weighted by Gasteiger charge is 2.31. The van der Waals surface area contributed by atoms with Gasteiger partial charge in [0, 0.05) is 23.2 Å². The van der Waals surface area contributed by atoms with Gasteiger partial charge in [-0.15, -0.1) is 0 Å². The second-order valence-electron chi connectivity index (χ2n) is 5.76. The number of carboxylic acids is 2. The summed E-state index contributed by atoms with van der Waals surface area (Å²) in [5, 5.41) is 19.3. The van der Waals surface area contributed by atoms with Gasteiger partial charge in [0.2, 0.25) is 0 Å². The first-order chi connectivity index (χ1) is 8.04. The first kappa shape index (κ1) is 16.6. The Bertz CT molecular complexity index is 302. The highest BCUT2D eigenvalue weighted by atomic mass is 16.4. The third-order valence-electron chi connectivity index (χ3n) is 2.65. The lowest BCUT2D eigenvalue weighted by Crippen LogP contribution is -2.55. The molecule has 1 aliphatic heterocycles. The van der Waals surface area contributed by atoms with Crippen LogP contribution < -0.4 is 5.32 Å². The van der Waals surface area contributed by atoms with Crippen LogP contribution >= 0.6 is 0 Å². The number of piperidine rings is 1. The van der Waals surface area contributed by atoms with E-state index in [1.807, 2.05) is 0 Å². The Kier molecular flexibility index (Phi) is 6.05. The zero-order valence-electron chi connectivity index (χ0n) is 11.5. The van der Waals surface area contributed by atoms with E-state index in [2.05, 4.69) is 33.0 Å². The molecule has 0 aromatic rings. The summed E-state index contributed by atoms with van der Waals surface area (Å²) in [4.78, 5) is 19.1. The maximum atomic E-state index is 9.55. The number of carbonyl (C=O) groups is 2. The molecule has 104 valence electrons. The second-order valence-corrected chi connectivity index (χ2v) is 5.76. The summed E-state index contributed by atoms with van der Waals surface area (Å²) >= 11 is 0. The smallest absolute Gasteiger partial charge is 0.328 e. The van der Waals surface area contributed by atoms with Gasteiger partial charge < -0.3 is 15.5 Å². The van der Waals surface area contributed by atoms with E-state index in [9.17, 15) is 9.59 Å². The average molecular weight is 257 g/mol. The van der Waals surface area contributed by atoms with Gasteiger partial charge >= 0.3 is 11.9 Å². The van der Waals surface area contributed by atoms with Gasteiger partial charge in [-0.3, -0.25) is 0 Å². The van der Waals surface area contributed by atoms with Crippen molar-refractivity contribution in [1.82, 2.24) is 5.32 Å². The molecule has 1 saturated heterocycles. The molecule has 3 N–H and O–H groups in total. The van der Waals surface area contributed by atoms with E-state index in [0.29, 0.717) is 23.2 Å². The van der Waals surface area contributed by atoms with Crippen LogP contribution in [0.4, 0.5) is 0 Å². The molecule has 0 radical (unpaired) electrons. The number of aliphatic carboxylic acids is 2. The Labute approximate surface area is 108 Å². The molecule has 0 amide bonds. The van der Waals surface area contributed by atoms with E-state index in [1.165, 1.54) is 19.3 Å². The number of carboxylic acid groups (broad SMARTS) is 2. The minimum Gasteiger partial charge on any atom is -0.478 e. The average Bonchev–Trinajstić information content (AvgIpc) is 2.11. The fourth-order valence-corrected chi connectivity index (χ4v) is 2.16. The summed E-state index contributed by atoms with van der Waals surface area (Å²) in [6, 6.07) is 0. The molecule has 1 aliphatic rings. The lowest BCUT2D eigenvalue weighted by Gasteiger charge is -2.42. The second kappa shape index (κ2) is 6.54. The van der Waals surface area contributed by atoms with Gasteiger partial charge in [-0.1, -0.05) is 0 Å². The molecule has 5 heteroatoms. The van der Waals surface area contributed by atoms with Gasteiger partial charge in [0.25, 0.3) is 0 Å². The number of nitrogens with one attached hydrogen (secondary N) is 1. The van der Waals surface area contributed by atoms with Crippen LogP contribution in [0.5, 0.6) is 0 Å². The van der Waals surface area contributed by atoms with E-state index in [0.717, 1.165) is 0 Å². The fourth-order valence-electron chi connectivity index (χ4n) is 2.16. The van der Waals surface area contributed by atoms with Crippen molar-refractivity contribution in [3.8, 4) is 0 Å². The summed E-state index contributed by atoms with van der Waals surface area (Å²) in [6.07, 6.45) is 5.12. The molecule has 1 rings (SSSR count). The Morgan fingerprint density at radius 1 is 0.944 bits per heavy atom. The topological polar surface area (TPSA) is 86.6 Å². The number of hydrogen-bond acceptors (Lipinski definition) is 3. The van der Waals surface area contributed by atoms with E-state index in [-0.39, 0.29) is 0 Å². The van der Waals surface area contributed by atoms with Crippen LogP contribution in [0.1, 0.15) is 47.0 Å². The monoisotopic (exact) mass is 257 g/mol. The largest absolute Gasteiger partial charge is 0.478 e. The normalized spacial score (nSPS) is 20.9. The van der Waals surface area contributed by atoms with Crippen molar-refractivity contribution in [3.63, 3.8) is 0 Å². The summed E-state index contributed by atoms with van der Waals surface area (Å²) in [6.45, 7) is 9.14. The molecule has 0 bridgehead atoms. The van der Waals surface area contributed by atoms with Crippen molar-refractivity contribution in [1.29, 1.82) is 0 Å². The van der Waals surface area contributed by atoms with Crippen LogP contribution in [0, 0.1) is 0 Å². The van der Waals surface area contributed by atoms with Gasteiger partial charge in [0.15, 0.2) is 0 Å². The van der Waals surface area contributed by atoms with Crippen molar-refractivity contribution in [2.75, 3.05) is 0 Å². The molecule has 1 fully saturated rings. The van der Waals surface area contributed by atoms with E-state index < -0.39 is 11.9 Å². The Balaban J connectivity index is 0.000000331. The highest BCUT2D eigenvalue weighted by Crippen LogP contribution is 2.27. The van der Waals surface area contributed by atoms with E-state index in [4.69, 9.17) is 10.2 Å². The van der Waals surface area contributed by atoms with Gasteiger partial charge in [-0.05, 0) is 47.0 Å². The minimum absolute atomic E-state index is 0.363. The van der Waals surface area contributed by atoms with Crippen LogP contribution in [0.25, 0.3) is 0 Å². The van der Waals surface area contributed by atoms with Crippen LogP contribution in [-0.4, -0.2) is 33.2 Å². The van der Waals surface area contributed by atoms with E-state index >= 15 is 0 Å². The lowest BCUT2D eigenvalue weighted by molar-refractivity contribution is -0.134. The van der Waals surface area contributed by atoms with Crippen LogP contribution in [0.2, 0.25) is 0 Å². The standard InChI is InChI=1S/C9H19N.C4H4O4/c1-8(2)6-5-7-9(3,4)10-8;5-3(6)1-2-4(7)8/h10H,5-7H2,1-4H3;1-2H,(H,5,6)(H,7,8)/b;2-1-. The molecule has 0 aromatic heterocycles. The zero-order valence-corrected chi connectivity index (χ0v) is 11.5. The molecule has 0 spiro atoms. The maximum absolute atomic E-state index is 9.55. The molecule has 0 unspecified atom stereocenters. The van der Waals surface area contributed by atoms with Gasteiger partial charge in [0.05, 0.1) is 0 Å². The minimum atomic E-state index is -1.26. The third kappa shape index (κ3) is 8.75. The van der Waals surface area contributed by atoms with Crippen LogP contribution in [0.3, 0.4) is 0 Å². The summed E-state index contributed by atoms with van der Waals surface area (Å²) in [5.74, 6) is -2.51. The molecule has 1 heterocycles. The molecule has 18 heavy (non-hydrogen) atoms. The number of rotatable bonds is 2. The Morgan fingerprint density at radius 3 is 1.44 bits per heavy atom. The van der Waals surface area contributed by atoms with Crippen molar-refractivity contribution < 1.29 is 19.8 Å². The van der Waals surface area contributed by atoms with E-state index in [1.54, 1.807) is 0 Å². The summed E-state index contributed by atoms with van der Waals surface area (Å²) < 4.78 is 0. The first-order valence-corrected chi connectivity index (χ1v) is 5.97. The highest BCUT2D eigenvalue weighted by molar-refractivity contribution is 5.89. The molecule has 0 atom stereocenters. The zero-order chi connectivity index (χ0) is 14.4. The first-order valence-electron chi connectivity index (χ1n) is 5.97. The Morgan fingerprint density at radius 2 is 1.28 bits per heavy atom. The molecular weight excluding hydrogens is 234 g/mol. The van der Waals surface area contributed by atoms with Gasteiger partial charge in [-0.2, -0.15) is 0 Å². The summed E-state index contributed by atoms with van der Waals surface area (Å²) in [5.41, 5.74) is 0.726. The van der Waals surface area contributed by atoms with Gasteiger partial charge in [0.1, 0.15) is 0 Å². The maximum Gasteiger partial charge on any atom is 0.328 e. The van der Waals surface area contributed by atoms with Crippen molar-refractivity contribution in [3.05, 3.63) is 12.2 Å². The lowest BCUT2D eigenvalue weighted by atomic mass is 9.83. The summed E-state index contributed by atoms with van der Waals surface area (Å²) in [7, 11) is 0. The predicted molar refractivity (Wildman–Crippen MR) is 69.6 cm³/mol. The quantitative estimate of drug-likeness (QED) is 0.659. The molecule has 0 aliphatic carbocycles. The molecular formula is C13H23NO4. The van der Waals surface area contributed by atoms with Crippen LogP contribution in [0.15, 0.2) is 12.2 Å². The molecule has 0 saturated carbocycles. The predicted octanol–water partition coefficient (Wildman–Crippen LogP) is 2.03. The van der Waals surface area contributed by atoms with Crippen LogP contribution in [-0.2, 0) is 9.59 Å². The fraction of sp³-hybridized carbons (Fsp3) is 0.692. The van der Waals surface area contributed by atoms with Crippen molar-refractivity contribution in [2.45, 2.75) is 58.0 Å². The number of hydrogen-bond donors (Lipinski definition) is 3. The van der Waals surface area contributed by atoms with Crippen molar-refractivity contribution >= 4 is 11.9 Å². The molecule has 5 nitrogen and oxygen atoms in total. The molecule has 0 aromatic carbocycles. The van der Waals surface area contributed by atoms with Crippen molar-refractivity contribution in [2.24, 2.45) is 0 Å².